The lowest BCUT2D eigenvalue weighted by atomic mass is 10.2. The Kier molecular flexibility index (Phi) is 26.1. The lowest BCUT2D eigenvalue weighted by molar-refractivity contribution is 0.0532. The van der Waals surface area contributed by atoms with Crippen LogP contribution in [0.3, 0.4) is 0 Å². The van der Waals surface area contributed by atoms with Crippen LogP contribution in [-0.2, 0) is 28.4 Å². The monoisotopic (exact) mass is 1700 g/mol. The summed E-state index contributed by atoms with van der Waals surface area (Å²) in [6, 6.07) is 43.9. The molecule has 0 radical (unpaired) electrons. The second-order valence-electron chi connectivity index (χ2n) is 24.9. The van der Waals surface area contributed by atoms with Crippen LogP contribution in [0.4, 0.5) is 9.59 Å². The van der Waals surface area contributed by atoms with E-state index in [-0.39, 0.29) is 5.91 Å². The van der Waals surface area contributed by atoms with E-state index in [4.69, 9.17) is 26.3 Å². The van der Waals surface area contributed by atoms with Crippen LogP contribution in [0, 0.1) is 0 Å². The van der Waals surface area contributed by atoms with Gasteiger partial charge in [0.25, 0.3) is 5.91 Å². The third-order valence-electron chi connectivity index (χ3n) is 14.2. The summed E-state index contributed by atoms with van der Waals surface area (Å²) >= 11 is 22.5. The van der Waals surface area contributed by atoms with Crippen LogP contribution in [0.25, 0.3) is 77.6 Å². The van der Waals surface area contributed by atoms with Gasteiger partial charge < -0.3 is 39.4 Å². The van der Waals surface area contributed by atoms with Gasteiger partial charge in [-0.1, -0.05) is 18.2 Å². The largest absolute Gasteiger partial charge is 0.443 e. The fourth-order valence-corrected chi connectivity index (χ4v) is 11.6. The molecule has 13 aromatic rings. The Hall–Kier alpha value is -8.93. The Bertz CT molecular complexity index is 5210. The van der Waals surface area contributed by atoms with E-state index < -0.39 is 23.4 Å². The first-order valence-electron chi connectivity index (χ1n) is 31.2. The SMILES string of the molecule is Brc1ccc2cc[nH]c2n1.CC(C)(C)OC(=O)n1cc(CCl)c2ccc(Br)nc21.CN(C)Cc1c[nH]c2nc(Br)ccc12.CN(C)Cc1cn(C(=O)OC(C)(C)C)c2nc(Br)ccc12.O=C(c1ccccc1)n1ccc2ccc(Br)nc21.On1cccc2ccnc1-2.c1cnc2[nH]ccc2c1. The van der Waals surface area contributed by atoms with Crippen molar-refractivity contribution in [3.8, 4) is 11.4 Å². The predicted molar refractivity (Wildman–Crippen MR) is 416 cm³/mol. The number of ether oxygens (including phenoxy) is 2. The third kappa shape index (κ3) is 21.1. The molecule has 2 aliphatic rings. The zero-order valence-corrected chi connectivity index (χ0v) is 65.4. The normalized spacial score (nSPS) is 11.2. The van der Waals surface area contributed by atoms with Crippen molar-refractivity contribution in [1.29, 1.82) is 0 Å². The maximum atomic E-state index is 12.4. The van der Waals surface area contributed by atoms with Crippen molar-refractivity contribution >= 4 is 176 Å². The van der Waals surface area contributed by atoms with E-state index in [1.54, 1.807) is 59.9 Å². The summed E-state index contributed by atoms with van der Waals surface area (Å²) in [6.07, 6.45) is 15.1. The topological polar surface area (TPSA) is 254 Å². The Morgan fingerprint density at radius 3 is 1.57 bits per heavy atom. The first-order chi connectivity index (χ1) is 48.1. The molecule has 522 valence electrons. The number of hydrogen-bond donors (Lipinski definition) is 4. The quantitative estimate of drug-likeness (QED) is 0.0686. The van der Waals surface area contributed by atoms with Crippen LogP contribution >= 0.6 is 91.3 Å². The minimum absolute atomic E-state index is 0.0730. The molecule has 2 aliphatic heterocycles. The van der Waals surface area contributed by atoms with E-state index in [2.05, 4.69) is 159 Å². The standard InChI is InChI=1S/C15H20BrN3O2.C14H9BrN2O.C13H14BrClN2O2.C10H12BrN3.C7H5BrN2.C7H6N2O.C7H6N2/c1-15(2,3)21-14(20)19-9-10(8-18(4)5)11-6-7-12(16)17-13(11)19;15-12-7-6-10-8-9-17(13(10)16-12)14(18)11-4-2-1-3-5-11;1-13(2,3)19-12(18)17-7-8(6-15)9-4-5-10(14)16-11(9)17;1-14(2)6-7-5-12-10-8(7)3-4-9(11)13-10;8-6-2-1-5-3-4-9-7(5)10-6;10-9-5-1-2-6-3-4-8-7(6)9;1-2-6-3-5-9-7(6)8-4-1/h6-7,9H,8H2,1-5H3;1-9H;4-5,7H,6H2,1-3H3;3-5H,6H2,1-2H3,(H,12,13);1-4H,(H,9,10);1-5,10H;1-5H,(H,8,9). The molecule has 15 rings (SSSR count). The Labute approximate surface area is 629 Å². The molecule has 22 nitrogen and oxygen atoms in total. The van der Waals surface area contributed by atoms with Crippen LogP contribution in [-0.4, -0.2) is 141 Å². The minimum Gasteiger partial charge on any atom is -0.443 e. The molecule has 0 saturated heterocycles. The average molecular weight is 1700 g/mol. The van der Waals surface area contributed by atoms with Gasteiger partial charge in [0.05, 0.1) is 0 Å². The second kappa shape index (κ2) is 34.6. The van der Waals surface area contributed by atoms with E-state index in [9.17, 15) is 14.4 Å². The van der Waals surface area contributed by atoms with Gasteiger partial charge >= 0.3 is 12.2 Å². The van der Waals surface area contributed by atoms with Gasteiger partial charge in [-0.15, -0.1) is 11.6 Å². The molecule has 1 aromatic carbocycles. The lowest BCUT2D eigenvalue weighted by Crippen LogP contribution is -2.27. The molecule has 0 saturated carbocycles. The smallest absolute Gasteiger partial charge is 0.420 e. The fraction of sp³-hybridized carbons (Fsp3) is 0.205. The Morgan fingerprint density at radius 2 is 1.00 bits per heavy atom. The number of carbonyl (C=O) groups is 3. The highest BCUT2D eigenvalue weighted by atomic mass is 79.9. The van der Waals surface area contributed by atoms with Gasteiger partial charge in [0.2, 0.25) is 0 Å². The van der Waals surface area contributed by atoms with Crippen LogP contribution in [0.2, 0.25) is 0 Å². The number of carbonyl (C=O) groups excluding carboxylic acids is 3. The van der Waals surface area contributed by atoms with Gasteiger partial charge in [-0.25, -0.2) is 53.6 Å². The van der Waals surface area contributed by atoms with Crippen molar-refractivity contribution in [2.75, 3.05) is 28.2 Å². The van der Waals surface area contributed by atoms with Crippen LogP contribution in [0.5, 0.6) is 0 Å². The molecular weight excluding hydrogens is 1630 g/mol. The van der Waals surface area contributed by atoms with Gasteiger partial charge in [0.1, 0.15) is 56.8 Å². The highest BCUT2D eigenvalue weighted by Gasteiger charge is 2.24. The Morgan fingerprint density at radius 1 is 0.485 bits per heavy atom. The second-order valence-corrected chi connectivity index (χ2v) is 29.3. The first-order valence-corrected chi connectivity index (χ1v) is 35.7. The molecule has 0 atom stereocenters. The van der Waals surface area contributed by atoms with Gasteiger partial charge in [-0.3, -0.25) is 9.36 Å². The maximum absolute atomic E-state index is 12.4. The molecule has 0 aliphatic carbocycles. The van der Waals surface area contributed by atoms with E-state index in [1.807, 2.05) is 189 Å². The fourth-order valence-electron chi connectivity index (χ4n) is 9.89. The highest BCUT2D eigenvalue weighted by Crippen LogP contribution is 2.28. The molecule has 0 bridgehead atoms. The van der Waals surface area contributed by atoms with Gasteiger partial charge in [0, 0.05) is 118 Å². The van der Waals surface area contributed by atoms with Crippen molar-refractivity contribution in [3.05, 3.63) is 241 Å². The van der Waals surface area contributed by atoms with E-state index in [1.165, 1.54) is 20.1 Å². The number of halogens is 6. The molecule has 0 unspecified atom stereocenters. The van der Waals surface area contributed by atoms with Gasteiger partial charge in [0.15, 0.2) is 17.1 Å². The summed E-state index contributed by atoms with van der Waals surface area (Å²) in [5, 5.41) is 15.4. The number of pyridine rings is 7. The van der Waals surface area contributed by atoms with Crippen LogP contribution in [0.1, 0.15) is 68.6 Å². The molecule has 0 fully saturated rings. The molecular formula is C73H72Br5ClN16O6. The average Bonchev–Trinajstić information content (AvgIpc) is 1.65. The molecule has 28 heteroatoms. The number of benzene rings is 1. The van der Waals surface area contributed by atoms with Crippen molar-refractivity contribution < 1.29 is 29.1 Å². The lowest BCUT2D eigenvalue weighted by Gasteiger charge is -2.19. The summed E-state index contributed by atoms with van der Waals surface area (Å²) in [6.45, 7) is 12.7. The summed E-state index contributed by atoms with van der Waals surface area (Å²) in [5.74, 6) is 0.842. The number of fused-ring (bicyclic) bond motifs is 7. The number of nitrogens with one attached hydrogen (secondary N) is 3. The number of nitrogens with zero attached hydrogens (tertiary/aromatic N) is 13. The van der Waals surface area contributed by atoms with Gasteiger partial charge in [-0.2, -0.15) is 4.73 Å². The molecule has 12 aromatic heterocycles. The van der Waals surface area contributed by atoms with Crippen molar-refractivity contribution in [3.63, 3.8) is 0 Å². The molecule has 0 amide bonds. The van der Waals surface area contributed by atoms with Crippen molar-refractivity contribution in [2.24, 2.45) is 0 Å². The van der Waals surface area contributed by atoms with E-state index in [0.29, 0.717) is 43.4 Å². The summed E-state index contributed by atoms with van der Waals surface area (Å²) < 4.78 is 20.0. The molecule has 14 heterocycles. The number of alkyl halides is 1. The summed E-state index contributed by atoms with van der Waals surface area (Å²) in [7, 11) is 8.10. The summed E-state index contributed by atoms with van der Waals surface area (Å²) in [5.41, 5.74) is 8.31. The summed E-state index contributed by atoms with van der Waals surface area (Å²) in [4.78, 5) is 79.9. The molecule has 101 heavy (non-hydrogen) atoms. The molecule has 0 spiro atoms. The van der Waals surface area contributed by atoms with Crippen LogP contribution < -0.4 is 0 Å². The zero-order chi connectivity index (χ0) is 72.7. The predicted octanol–water partition coefficient (Wildman–Crippen LogP) is 19.0. The van der Waals surface area contributed by atoms with Gasteiger partial charge in [-0.05, 0) is 287 Å². The van der Waals surface area contributed by atoms with Crippen LogP contribution in [0.15, 0.2) is 218 Å². The Balaban J connectivity index is 0.000000140. The van der Waals surface area contributed by atoms with E-state index >= 15 is 0 Å². The number of H-pyrrole nitrogens is 3. The van der Waals surface area contributed by atoms with E-state index in [0.717, 1.165) is 92.2 Å². The number of rotatable bonds is 6. The zero-order valence-electron chi connectivity index (χ0n) is 56.7. The number of hydrogen-bond acceptors (Lipinski definition) is 15. The third-order valence-corrected chi connectivity index (χ3v) is 16.7. The molecule has 4 N–H and O–H groups in total. The maximum Gasteiger partial charge on any atom is 0.420 e. The minimum atomic E-state index is -0.555. The number of aromatic nitrogens is 14. The highest BCUT2D eigenvalue weighted by molar-refractivity contribution is 9.11. The number of aromatic amines is 3. The van der Waals surface area contributed by atoms with Crippen molar-refractivity contribution in [1.82, 2.24) is 78.1 Å². The van der Waals surface area contributed by atoms with Crippen molar-refractivity contribution in [2.45, 2.75) is 71.7 Å². The first kappa shape index (κ1) is 76.3.